The Kier molecular flexibility index (Phi) is 3.45. The van der Waals surface area contributed by atoms with E-state index < -0.39 is 5.54 Å². The summed E-state index contributed by atoms with van der Waals surface area (Å²) in [7, 11) is 0. The summed E-state index contributed by atoms with van der Waals surface area (Å²) in [5.74, 6) is 0. The highest BCUT2D eigenvalue weighted by Gasteiger charge is 2.29. The van der Waals surface area contributed by atoms with Crippen LogP contribution in [-0.4, -0.2) is 23.0 Å². The van der Waals surface area contributed by atoms with Gasteiger partial charge < -0.3 is 5.32 Å². The van der Waals surface area contributed by atoms with Gasteiger partial charge in [-0.1, -0.05) is 13.8 Å². The molecule has 0 rings (SSSR count). The average molecular weight is 160 g/mol. The average Bonchev–Trinajstić information content (AvgIpc) is 1.84. The van der Waals surface area contributed by atoms with E-state index in [0.717, 1.165) is 0 Å². The molecule has 0 aliphatic rings. The van der Waals surface area contributed by atoms with Crippen LogP contribution >= 0.6 is 0 Å². The van der Waals surface area contributed by atoms with Gasteiger partial charge in [-0.15, -0.1) is 0 Å². The van der Waals surface area contributed by atoms with Crippen molar-refractivity contribution in [3.63, 3.8) is 0 Å². The van der Waals surface area contributed by atoms with Crippen molar-refractivity contribution in [1.29, 1.82) is 0 Å². The minimum Gasteiger partial charge on any atom is -0.308 e. The van der Waals surface area contributed by atoms with Gasteiger partial charge in [0.05, 0.1) is 6.54 Å². The van der Waals surface area contributed by atoms with Crippen LogP contribution in [0.1, 0.15) is 27.7 Å². The molecule has 66 valence electrons. The molecular weight excluding hydrogens is 144 g/mol. The molecule has 0 saturated heterocycles. The predicted molar refractivity (Wildman–Crippen MR) is 44.2 cm³/mol. The van der Waals surface area contributed by atoms with Gasteiger partial charge in [0.2, 0.25) is 5.54 Å². The normalized spacial score (nSPS) is 12.1. The van der Waals surface area contributed by atoms with E-state index in [9.17, 15) is 10.1 Å². The van der Waals surface area contributed by atoms with E-state index in [0.29, 0.717) is 12.6 Å². The van der Waals surface area contributed by atoms with Crippen molar-refractivity contribution in [1.82, 2.24) is 5.32 Å². The van der Waals surface area contributed by atoms with Crippen molar-refractivity contribution in [2.75, 3.05) is 6.54 Å². The molecule has 0 amide bonds. The van der Waals surface area contributed by atoms with Gasteiger partial charge in [-0.2, -0.15) is 0 Å². The van der Waals surface area contributed by atoms with Crippen LogP contribution in [0.5, 0.6) is 0 Å². The van der Waals surface area contributed by atoms with Gasteiger partial charge in [0.25, 0.3) is 0 Å². The first-order valence-electron chi connectivity index (χ1n) is 3.74. The van der Waals surface area contributed by atoms with Crippen LogP contribution in [0.25, 0.3) is 0 Å². The first-order chi connectivity index (χ1) is 4.86. The Morgan fingerprint density at radius 2 is 2.00 bits per heavy atom. The Morgan fingerprint density at radius 3 is 2.27 bits per heavy atom. The molecule has 0 aromatic heterocycles. The quantitative estimate of drug-likeness (QED) is 0.494. The molecule has 4 heteroatoms. The molecular formula is C7H16N2O2. The van der Waals surface area contributed by atoms with Gasteiger partial charge in [-0.3, -0.25) is 10.1 Å². The highest BCUT2D eigenvalue weighted by Crippen LogP contribution is 2.05. The summed E-state index contributed by atoms with van der Waals surface area (Å²) in [6.07, 6.45) is 0. The number of nitrogens with zero attached hydrogens (tertiary/aromatic N) is 1. The maximum atomic E-state index is 10.4. The summed E-state index contributed by atoms with van der Waals surface area (Å²) in [5.41, 5.74) is -0.857. The van der Waals surface area contributed by atoms with Gasteiger partial charge >= 0.3 is 0 Å². The Labute approximate surface area is 67.1 Å². The summed E-state index contributed by atoms with van der Waals surface area (Å²) in [4.78, 5) is 10.1. The summed E-state index contributed by atoms with van der Waals surface area (Å²) >= 11 is 0. The minimum absolute atomic E-state index is 0.262. The number of rotatable bonds is 4. The van der Waals surface area contributed by atoms with Gasteiger partial charge in [-0.25, -0.2) is 0 Å². The van der Waals surface area contributed by atoms with Crippen molar-refractivity contribution in [2.45, 2.75) is 39.3 Å². The van der Waals surface area contributed by atoms with E-state index >= 15 is 0 Å². The van der Waals surface area contributed by atoms with E-state index in [1.165, 1.54) is 0 Å². The molecule has 11 heavy (non-hydrogen) atoms. The molecule has 0 bridgehead atoms. The molecule has 0 aliphatic heterocycles. The van der Waals surface area contributed by atoms with E-state index in [1.54, 1.807) is 13.8 Å². The molecule has 0 aliphatic carbocycles. The molecule has 4 nitrogen and oxygen atoms in total. The highest BCUT2D eigenvalue weighted by atomic mass is 16.6. The lowest BCUT2D eigenvalue weighted by molar-refractivity contribution is -0.558. The topological polar surface area (TPSA) is 55.2 Å². The fraction of sp³-hybridized carbons (Fsp3) is 1.00. The summed E-state index contributed by atoms with van der Waals surface area (Å²) < 4.78 is 0. The fourth-order valence-corrected chi connectivity index (χ4v) is 0.518. The molecule has 0 aromatic rings. The van der Waals surface area contributed by atoms with E-state index in [1.807, 2.05) is 13.8 Å². The van der Waals surface area contributed by atoms with Crippen LogP contribution in [0.4, 0.5) is 0 Å². The van der Waals surface area contributed by atoms with Crippen molar-refractivity contribution < 1.29 is 4.92 Å². The first-order valence-corrected chi connectivity index (χ1v) is 3.74. The second-order valence-corrected chi connectivity index (χ2v) is 3.61. The van der Waals surface area contributed by atoms with E-state index in [2.05, 4.69) is 5.32 Å². The molecule has 0 radical (unpaired) electrons. The second-order valence-electron chi connectivity index (χ2n) is 3.61. The van der Waals surface area contributed by atoms with E-state index in [-0.39, 0.29) is 4.92 Å². The zero-order valence-corrected chi connectivity index (χ0v) is 7.55. The first kappa shape index (κ1) is 10.4. The summed E-state index contributed by atoms with van der Waals surface area (Å²) in [6.45, 7) is 7.58. The minimum atomic E-state index is -0.857. The molecule has 0 fully saturated rings. The van der Waals surface area contributed by atoms with Crippen LogP contribution in [0.3, 0.4) is 0 Å². The van der Waals surface area contributed by atoms with E-state index in [4.69, 9.17) is 0 Å². The lowest BCUT2D eigenvalue weighted by Crippen LogP contribution is -2.44. The molecule has 0 atom stereocenters. The Hall–Kier alpha value is -0.640. The van der Waals surface area contributed by atoms with Crippen molar-refractivity contribution in [2.24, 2.45) is 0 Å². The molecule has 1 N–H and O–H groups in total. The fourth-order valence-electron chi connectivity index (χ4n) is 0.518. The number of nitro groups is 1. The standard InChI is InChI=1S/C7H16N2O2/c1-6(2)8-5-7(3,4)9(10)11/h6,8H,5H2,1-4H3. The molecule has 0 unspecified atom stereocenters. The van der Waals surface area contributed by atoms with Crippen LogP contribution in [0.15, 0.2) is 0 Å². The zero-order chi connectivity index (χ0) is 9.07. The lowest BCUT2D eigenvalue weighted by Gasteiger charge is -2.17. The highest BCUT2D eigenvalue weighted by molar-refractivity contribution is 4.71. The Morgan fingerprint density at radius 1 is 1.55 bits per heavy atom. The third kappa shape index (κ3) is 3.93. The third-order valence-corrected chi connectivity index (χ3v) is 1.44. The van der Waals surface area contributed by atoms with Gasteiger partial charge in [-0.05, 0) is 0 Å². The van der Waals surface area contributed by atoms with Gasteiger partial charge in [0.15, 0.2) is 0 Å². The largest absolute Gasteiger partial charge is 0.308 e. The summed E-state index contributed by atoms with van der Waals surface area (Å²) in [5, 5.41) is 13.4. The van der Waals surface area contributed by atoms with Crippen LogP contribution < -0.4 is 5.32 Å². The number of hydrogen-bond acceptors (Lipinski definition) is 3. The van der Waals surface area contributed by atoms with Gasteiger partial charge in [0, 0.05) is 24.8 Å². The number of hydrogen-bond donors (Lipinski definition) is 1. The lowest BCUT2D eigenvalue weighted by atomic mass is 10.1. The predicted octanol–water partition coefficient (Wildman–Crippen LogP) is 1.04. The molecule has 0 heterocycles. The smallest absolute Gasteiger partial charge is 0.229 e. The second kappa shape index (κ2) is 3.67. The zero-order valence-electron chi connectivity index (χ0n) is 7.55. The maximum Gasteiger partial charge on any atom is 0.229 e. The van der Waals surface area contributed by atoms with Crippen LogP contribution in [0.2, 0.25) is 0 Å². The molecule has 0 saturated carbocycles. The number of nitrogens with one attached hydrogen (secondary N) is 1. The molecule has 0 aromatic carbocycles. The molecule has 0 spiro atoms. The Bertz CT molecular complexity index is 143. The van der Waals surface area contributed by atoms with Crippen molar-refractivity contribution in [3.05, 3.63) is 10.1 Å². The maximum absolute atomic E-state index is 10.4. The summed E-state index contributed by atoms with van der Waals surface area (Å²) in [6, 6.07) is 0.300. The Balaban J connectivity index is 3.83. The monoisotopic (exact) mass is 160 g/mol. The van der Waals surface area contributed by atoms with Gasteiger partial charge in [0.1, 0.15) is 0 Å². The van der Waals surface area contributed by atoms with Crippen molar-refractivity contribution in [3.8, 4) is 0 Å². The van der Waals surface area contributed by atoms with Crippen LogP contribution in [-0.2, 0) is 0 Å². The third-order valence-electron chi connectivity index (χ3n) is 1.44. The SMILES string of the molecule is CC(C)NCC(C)(C)[N+](=O)[O-]. The van der Waals surface area contributed by atoms with Crippen molar-refractivity contribution >= 4 is 0 Å². The van der Waals surface area contributed by atoms with Crippen LogP contribution in [0, 0.1) is 10.1 Å².